The van der Waals surface area contributed by atoms with Crippen molar-refractivity contribution >= 4 is 5.97 Å². The SMILES string of the molecule is C.NC(Cc1ccccc1)C(=O)O. The maximum absolute atomic E-state index is 10.4. The zero-order valence-corrected chi connectivity index (χ0v) is 6.60. The summed E-state index contributed by atoms with van der Waals surface area (Å²) in [5.41, 5.74) is 6.30. The van der Waals surface area contributed by atoms with E-state index < -0.39 is 12.0 Å². The fourth-order valence-electron chi connectivity index (χ4n) is 0.955. The minimum absolute atomic E-state index is 0. The molecule has 1 unspecified atom stereocenters. The molecule has 13 heavy (non-hydrogen) atoms. The van der Waals surface area contributed by atoms with Crippen LogP contribution in [-0.4, -0.2) is 17.1 Å². The van der Waals surface area contributed by atoms with Gasteiger partial charge in [0.15, 0.2) is 0 Å². The molecule has 0 aliphatic rings. The summed E-state index contributed by atoms with van der Waals surface area (Å²) in [7, 11) is 0. The van der Waals surface area contributed by atoms with Gasteiger partial charge in [0, 0.05) is 0 Å². The lowest BCUT2D eigenvalue weighted by Crippen LogP contribution is -2.32. The quantitative estimate of drug-likeness (QED) is 0.738. The molecule has 0 saturated carbocycles. The monoisotopic (exact) mass is 181 g/mol. The standard InChI is InChI=1S/C9H11NO2.CH4/c10-8(9(11)12)6-7-4-2-1-3-5-7;/h1-5,8H,6,10H2,(H,11,12);1H4. The predicted octanol–water partition coefficient (Wildman–Crippen LogP) is 1.28. The van der Waals surface area contributed by atoms with Crippen LogP contribution in [0.3, 0.4) is 0 Å². The number of aliphatic carboxylic acids is 1. The summed E-state index contributed by atoms with van der Waals surface area (Å²) in [6, 6.07) is 8.54. The minimum atomic E-state index is -0.959. The first-order valence-electron chi connectivity index (χ1n) is 3.72. The van der Waals surface area contributed by atoms with Gasteiger partial charge in [0.2, 0.25) is 0 Å². The van der Waals surface area contributed by atoms with Gasteiger partial charge in [-0.3, -0.25) is 4.79 Å². The number of carboxylic acid groups (broad SMARTS) is 1. The van der Waals surface area contributed by atoms with E-state index >= 15 is 0 Å². The lowest BCUT2D eigenvalue weighted by molar-refractivity contribution is -0.138. The van der Waals surface area contributed by atoms with Gasteiger partial charge in [0.1, 0.15) is 6.04 Å². The van der Waals surface area contributed by atoms with E-state index in [1.54, 1.807) is 0 Å². The summed E-state index contributed by atoms with van der Waals surface area (Å²) in [6.07, 6.45) is 0.385. The van der Waals surface area contributed by atoms with Crippen molar-refractivity contribution in [3.63, 3.8) is 0 Å². The molecule has 1 atom stereocenters. The van der Waals surface area contributed by atoms with Gasteiger partial charge in [-0.1, -0.05) is 37.8 Å². The minimum Gasteiger partial charge on any atom is -0.480 e. The zero-order chi connectivity index (χ0) is 8.97. The molecule has 0 fully saturated rings. The maximum atomic E-state index is 10.4. The molecule has 0 radical (unpaired) electrons. The molecule has 0 aliphatic carbocycles. The van der Waals surface area contributed by atoms with Crippen LogP contribution in [0.25, 0.3) is 0 Å². The van der Waals surface area contributed by atoms with Crippen molar-refractivity contribution in [3.05, 3.63) is 35.9 Å². The van der Waals surface area contributed by atoms with E-state index in [1.807, 2.05) is 30.3 Å². The molecule has 0 heterocycles. The van der Waals surface area contributed by atoms with Crippen LogP contribution in [0.5, 0.6) is 0 Å². The molecule has 0 aromatic heterocycles. The van der Waals surface area contributed by atoms with Crippen LogP contribution in [-0.2, 0) is 11.2 Å². The Balaban J connectivity index is 0.00000144. The van der Waals surface area contributed by atoms with Crippen LogP contribution < -0.4 is 5.73 Å². The first kappa shape index (κ1) is 11.6. The summed E-state index contributed by atoms with van der Waals surface area (Å²) >= 11 is 0. The molecule has 72 valence electrons. The van der Waals surface area contributed by atoms with Crippen molar-refractivity contribution in [2.24, 2.45) is 5.73 Å². The largest absolute Gasteiger partial charge is 0.480 e. The second-order valence-electron chi connectivity index (χ2n) is 2.63. The lowest BCUT2D eigenvalue weighted by atomic mass is 10.1. The number of rotatable bonds is 3. The molecule has 1 aromatic rings. The van der Waals surface area contributed by atoms with Crippen molar-refractivity contribution in [3.8, 4) is 0 Å². The van der Waals surface area contributed by atoms with Crippen LogP contribution in [0.1, 0.15) is 13.0 Å². The second-order valence-corrected chi connectivity index (χ2v) is 2.63. The molecule has 0 amide bonds. The fraction of sp³-hybridized carbons (Fsp3) is 0.300. The van der Waals surface area contributed by atoms with E-state index in [2.05, 4.69) is 0 Å². The van der Waals surface area contributed by atoms with Crippen molar-refractivity contribution in [1.29, 1.82) is 0 Å². The van der Waals surface area contributed by atoms with Gasteiger partial charge in [-0.05, 0) is 12.0 Å². The topological polar surface area (TPSA) is 63.3 Å². The Labute approximate surface area is 78.2 Å². The van der Waals surface area contributed by atoms with E-state index in [4.69, 9.17) is 10.8 Å². The normalized spacial score (nSPS) is 11.5. The highest BCUT2D eigenvalue weighted by Gasteiger charge is 2.10. The average molecular weight is 181 g/mol. The van der Waals surface area contributed by atoms with Crippen LogP contribution in [0, 0.1) is 0 Å². The summed E-state index contributed by atoms with van der Waals surface area (Å²) in [4.78, 5) is 10.4. The third-order valence-electron chi connectivity index (χ3n) is 1.62. The molecule has 3 N–H and O–H groups in total. The number of nitrogens with two attached hydrogens (primary N) is 1. The summed E-state index contributed by atoms with van der Waals surface area (Å²) in [5, 5.41) is 8.52. The Hall–Kier alpha value is -1.35. The molecular weight excluding hydrogens is 166 g/mol. The van der Waals surface area contributed by atoms with E-state index in [1.165, 1.54) is 0 Å². The van der Waals surface area contributed by atoms with E-state index in [9.17, 15) is 4.79 Å². The highest BCUT2D eigenvalue weighted by molar-refractivity contribution is 5.73. The first-order chi connectivity index (χ1) is 5.70. The van der Waals surface area contributed by atoms with Gasteiger partial charge in [0.25, 0.3) is 0 Å². The Morgan fingerprint density at radius 1 is 1.38 bits per heavy atom. The molecule has 0 bridgehead atoms. The first-order valence-corrected chi connectivity index (χ1v) is 3.72. The molecule has 1 rings (SSSR count). The highest BCUT2D eigenvalue weighted by Crippen LogP contribution is 2.01. The molecule has 3 heteroatoms. The van der Waals surface area contributed by atoms with Crippen LogP contribution in [0.2, 0.25) is 0 Å². The van der Waals surface area contributed by atoms with Crippen molar-refractivity contribution in [1.82, 2.24) is 0 Å². The number of hydrogen-bond donors (Lipinski definition) is 2. The van der Waals surface area contributed by atoms with E-state index in [0.717, 1.165) is 5.56 Å². The van der Waals surface area contributed by atoms with Crippen molar-refractivity contribution in [2.45, 2.75) is 19.9 Å². The highest BCUT2D eigenvalue weighted by atomic mass is 16.4. The van der Waals surface area contributed by atoms with Gasteiger partial charge >= 0.3 is 5.97 Å². The number of hydrogen-bond acceptors (Lipinski definition) is 2. The van der Waals surface area contributed by atoms with E-state index in [0.29, 0.717) is 6.42 Å². The molecule has 3 nitrogen and oxygen atoms in total. The van der Waals surface area contributed by atoms with Crippen LogP contribution in [0.15, 0.2) is 30.3 Å². The number of carbonyl (C=O) groups is 1. The Morgan fingerprint density at radius 3 is 2.38 bits per heavy atom. The smallest absolute Gasteiger partial charge is 0.320 e. The summed E-state index contributed by atoms with van der Waals surface area (Å²) in [5.74, 6) is -0.959. The average Bonchev–Trinajstić information content (AvgIpc) is 2.06. The van der Waals surface area contributed by atoms with Gasteiger partial charge in [-0.2, -0.15) is 0 Å². The third kappa shape index (κ3) is 3.71. The van der Waals surface area contributed by atoms with Gasteiger partial charge in [0.05, 0.1) is 0 Å². The van der Waals surface area contributed by atoms with Gasteiger partial charge in [-0.15, -0.1) is 0 Å². The number of benzene rings is 1. The number of carboxylic acids is 1. The summed E-state index contributed by atoms with van der Waals surface area (Å²) in [6.45, 7) is 0. The molecule has 0 spiro atoms. The summed E-state index contributed by atoms with van der Waals surface area (Å²) < 4.78 is 0. The predicted molar refractivity (Wildman–Crippen MR) is 52.5 cm³/mol. The second kappa shape index (κ2) is 5.32. The Bertz CT molecular complexity index is 259. The lowest BCUT2D eigenvalue weighted by Gasteiger charge is -2.04. The molecule has 0 saturated heterocycles. The molecular formula is C10H15NO2. The van der Waals surface area contributed by atoms with Crippen molar-refractivity contribution in [2.75, 3.05) is 0 Å². The zero-order valence-electron chi connectivity index (χ0n) is 6.60. The Kier molecular flexibility index (Phi) is 4.77. The molecule has 1 aromatic carbocycles. The van der Waals surface area contributed by atoms with E-state index in [-0.39, 0.29) is 7.43 Å². The van der Waals surface area contributed by atoms with Crippen molar-refractivity contribution < 1.29 is 9.90 Å². The third-order valence-corrected chi connectivity index (χ3v) is 1.62. The maximum Gasteiger partial charge on any atom is 0.320 e. The van der Waals surface area contributed by atoms with Gasteiger partial charge < -0.3 is 10.8 Å². The molecule has 0 aliphatic heterocycles. The Morgan fingerprint density at radius 2 is 1.92 bits per heavy atom. The van der Waals surface area contributed by atoms with Crippen LogP contribution in [0.4, 0.5) is 0 Å². The fourth-order valence-corrected chi connectivity index (χ4v) is 0.955. The van der Waals surface area contributed by atoms with Crippen LogP contribution >= 0.6 is 0 Å². The van der Waals surface area contributed by atoms with Gasteiger partial charge in [-0.25, -0.2) is 0 Å².